The maximum absolute atomic E-state index is 5.91. The Hall–Kier alpha value is -3.43. The second kappa shape index (κ2) is 15.9. The number of hydrogen-bond donors (Lipinski definition) is 1. The van der Waals surface area contributed by atoms with E-state index in [2.05, 4.69) is 65.8 Å². The lowest BCUT2D eigenvalue weighted by atomic mass is 10.0. The number of nitrogens with zero attached hydrogens (tertiary/aromatic N) is 4. The van der Waals surface area contributed by atoms with Crippen LogP contribution in [0.4, 0.5) is 11.4 Å². The topological polar surface area (TPSA) is 85.9 Å². The Morgan fingerprint density at radius 3 is 1.77 bits per heavy atom. The molecule has 0 aliphatic rings. The van der Waals surface area contributed by atoms with Crippen molar-refractivity contribution in [3.63, 3.8) is 0 Å². The molecule has 4 aromatic rings. The highest BCUT2D eigenvalue weighted by molar-refractivity contribution is 7.10. The summed E-state index contributed by atoms with van der Waals surface area (Å²) in [5.41, 5.74) is 15.1. The van der Waals surface area contributed by atoms with Crippen LogP contribution in [0.5, 0.6) is 11.8 Å². The molecule has 0 atom stereocenters. The Morgan fingerprint density at radius 2 is 1.28 bits per heavy atom. The zero-order valence-electron chi connectivity index (χ0n) is 27.3. The third-order valence-electron chi connectivity index (χ3n) is 6.73. The highest BCUT2D eigenvalue weighted by Gasteiger charge is 2.11. The van der Waals surface area contributed by atoms with E-state index in [9.17, 15) is 0 Å². The number of hydrogen-bond acceptors (Lipinski definition) is 8. The first-order valence-corrected chi connectivity index (χ1v) is 16.5. The molecular formula is C34H47N5O2S2. The number of benzene rings is 2. The molecule has 232 valence electrons. The Balaban J connectivity index is 0.000000242. The molecule has 0 fully saturated rings. The first kappa shape index (κ1) is 34.1. The number of aryl methyl sites for hydroxylation is 4. The maximum atomic E-state index is 5.91. The van der Waals surface area contributed by atoms with E-state index < -0.39 is 0 Å². The minimum atomic E-state index is 0.155. The Labute approximate surface area is 265 Å². The molecule has 0 saturated heterocycles. The highest BCUT2D eigenvalue weighted by atomic mass is 32.1. The van der Waals surface area contributed by atoms with Crippen LogP contribution in [0.3, 0.4) is 0 Å². The summed E-state index contributed by atoms with van der Waals surface area (Å²) in [7, 11) is 2.03. The van der Waals surface area contributed by atoms with Gasteiger partial charge in [-0.05, 0) is 108 Å². The van der Waals surface area contributed by atoms with Gasteiger partial charge in [0.05, 0.1) is 35.0 Å². The number of rotatable bonds is 11. The fourth-order valence-electron chi connectivity index (χ4n) is 4.19. The molecular weight excluding hydrogens is 575 g/mol. The number of anilines is 1. The summed E-state index contributed by atoms with van der Waals surface area (Å²) in [6, 6.07) is 8.56. The van der Waals surface area contributed by atoms with Crippen molar-refractivity contribution in [2.45, 2.75) is 87.4 Å². The highest BCUT2D eigenvalue weighted by Crippen LogP contribution is 2.27. The largest absolute Gasteiger partial charge is 0.474 e. The van der Waals surface area contributed by atoms with Crippen molar-refractivity contribution in [3.05, 3.63) is 78.4 Å². The minimum Gasteiger partial charge on any atom is -0.474 e. The summed E-state index contributed by atoms with van der Waals surface area (Å²) < 4.78 is 11.2. The summed E-state index contributed by atoms with van der Waals surface area (Å²) >= 11 is 3.29. The van der Waals surface area contributed by atoms with Gasteiger partial charge >= 0.3 is 0 Å². The van der Waals surface area contributed by atoms with E-state index >= 15 is 0 Å². The van der Waals surface area contributed by atoms with Crippen molar-refractivity contribution in [1.29, 1.82) is 0 Å². The monoisotopic (exact) mass is 621 g/mol. The number of ether oxygens (including phenoxy) is 2. The van der Waals surface area contributed by atoms with Gasteiger partial charge in [-0.3, -0.25) is 0 Å². The van der Waals surface area contributed by atoms with Gasteiger partial charge < -0.3 is 20.1 Å². The Bertz CT molecular complexity index is 1510. The predicted molar refractivity (Wildman–Crippen MR) is 184 cm³/mol. The lowest BCUT2D eigenvalue weighted by molar-refractivity contribution is 0.233. The van der Waals surface area contributed by atoms with Gasteiger partial charge in [-0.1, -0.05) is 12.1 Å². The summed E-state index contributed by atoms with van der Waals surface area (Å²) in [4.78, 5) is 15.7. The molecule has 0 amide bonds. The average molecular weight is 622 g/mol. The lowest BCUT2D eigenvalue weighted by Gasteiger charge is -2.11. The van der Waals surface area contributed by atoms with Crippen molar-refractivity contribution in [1.82, 2.24) is 14.9 Å². The second-order valence-electron chi connectivity index (χ2n) is 11.4. The van der Waals surface area contributed by atoms with Crippen LogP contribution in [0.15, 0.2) is 40.0 Å². The van der Waals surface area contributed by atoms with Crippen molar-refractivity contribution >= 4 is 40.4 Å². The van der Waals surface area contributed by atoms with Crippen LogP contribution in [0.25, 0.3) is 0 Å². The number of aliphatic imine (C=N–C) groups is 1. The van der Waals surface area contributed by atoms with Gasteiger partial charge in [0.15, 0.2) is 0 Å². The molecule has 43 heavy (non-hydrogen) atoms. The van der Waals surface area contributed by atoms with E-state index in [4.69, 9.17) is 15.2 Å². The zero-order chi connectivity index (χ0) is 31.7. The van der Waals surface area contributed by atoms with Crippen molar-refractivity contribution < 1.29 is 9.47 Å². The van der Waals surface area contributed by atoms with E-state index in [1.165, 1.54) is 27.8 Å². The number of thiazole rings is 2. The summed E-state index contributed by atoms with van der Waals surface area (Å²) in [5.74, 6) is 1.45. The SMILES string of the molecule is CCN(C)C=Nc1cc(C)c(Cc2nc(OC(C)C)cs2)cc1C.Cc1cc(Cc2nc(OC(C)C)cs2)c(C)cc1N. The van der Waals surface area contributed by atoms with E-state index in [1.807, 2.05) is 64.8 Å². The van der Waals surface area contributed by atoms with E-state index in [0.717, 1.165) is 58.1 Å². The molecule has 2 heterocycles. The van der Waals surface area contributed by atoms with Crippen LogP contribution >= 0.6 is 22.7 Å². The molecule has 0 aliphatic carbocycles. The smallest absolute Gasteiger partial charge is 0.224 e. The molecule has 9 heteroatoms. The van der Waals surface area contributed by atoms with Crippen LogP contribution in [0, 0.1) is 27.7 Å². The van der Waals surface area contributed by atoms with Gasteiger partial charge in [-0.15, -0.1) is 22.7 Å². The fraction of sp³-hybridized carbons (Fsp3) is 0.441. The van der Waals surface area contributed by atoms with Crippen LogP contribution < -0.4 is 15.2 Å². The number of nitrogens with two attached hydrogens (primary N) is 1. The van der Waals surface area contributed by atoms with Crippen molar-refractivity contribution in [2.24, 2.45) is 4.99 Å². The second-order valence-corrected chi connectivity index (χ2v) is 13.2. The number of nitrogen functional groups attached to an aromatic ring is 1. The Kier molecular flexibility index (Phi) is 12.6. The third kappa shape index (κ3) is 10.7. The Morgan fingerprint density at radius 1 is 0.791 bits per heavy atom. The van der Waals surface area contributed by atoms with Gasteiger partial charge in [0, 0.05) is 32.1 Å². The predicted octanol–water partition coefficient (Wildman–Crippen LogP) is 8.47. The van der Waals surface area contributed by atoms with Gasteiger partial charge in [-0.2, -0.15) is 0 Å². The standard InChI is InChI=1S/C19H27N3OS.C15H20N2OS/c1-7-22(6)12-20-17-9-14(4)16(8-15(17)5)10-19-21-18(11-24-19)23-13(2)3;1-9(2)18-14-8-19-15(17-14)7-12-5-11(4)13(16)6-10(12)3/h8-9,11-13H,7,10H2,1-6H3;5-6,8-9H,7,16H2,1-4H3. The van der Waals surface area contributed by atoms with Crippen LogP contribution in [0.2, 0.25) is 0 Å². The molecule has 0 radical (unpaired) electrons. The van der Waals surface area contributed by atoms with Crippen molar-refractivity contribution in [2.75, 3.05) is 19.3 Å². The quantitative estimate of drug-likeness (QED) is 0.103. The van der Waals surface area contributed by atoms with E-state index in [1.54, 1.807) is 22.7 Å². The summed E-state index contributed by atoms with van der Waals surface area (Å²) in [6.45, 7) is 19.5. The van der Waals surface area contributed by atoms with E-state index in [0.29, 0.717) is 0 Å². The van der Waals surface area contributed by atoms with Crippen LogP contribution in [0.1, 0.15) is 78.0 Å². The molecule has 0 saturated carbocycles. The van der Waals surface area contributed by atoms with Gasteiger partial charge in [0.25, 0.3) is 0 Å². The van der Waals surface area contributed by atoms with E-state index in [-0.39, 0.29) is 12.2 Å². The summed E-state index contributed by atoms with van der Waals surface area (Å²) in [5, 5.41) is 6.10. The minimum absolute atomic E-state index is 0.155. The summed E-state index contributed by atoms with van der Waals surface area (Å²) in [6.07, 6.45) is 3.87. The van der Waals surface area contributed by atoms with Crippen molar-refractivity contribution in [3.8, 4) is 11.8 Å². The van der Waals surface area contributed by atoms with Crippen LogP contribution in [-0.2, 0) is 12.8 Å². The van der Waals surface area contributed by atoms with Gasteiger partial charge in [0.2, 0.25) is 11.8 Å². The van der Waals surface area contributed by atoms with Gasteiger partial charge in [0.1, 0.15) is 10.0 Å². The average Bonchev–Trinajstić information content (AvgIpc) is 3.56. The van der Waals surface area contributed by atoms with Crippen LogP contribution in [-0.4, -0.2) is 47.0 Å². The molecule has 2 aromatic heterocycles. The fourth-order valence-corrected chi connectivity index (χ4v) is 5.64. The maximum Gasteiger partial charge on any atom is 0.224 e. The normalized spacial score (nSPS) is 11.3. The molecule has 0 bridgehead atoms. The molecule has 2 aromatic carbocycles. The number of aromatic nitrogens is 2. The molecule has 0 aliphatic heterocycles. The molecule has 0 spiro atoms. The molecule has 7 nitrogen and oxygen atoms in total. The third-order valence-corrected chi connectivity index (χ3v) is 8.38. The molecule has 0 unspecified atom stereocenters. The molecule has 2 N–H and O–H groups in total. The zero-order valence-corrected chi connectivity index (χ0v) is 28.9. The first-order chi connectivity index (χ1) is 20.3. The first-order valence-electron chi connectivity index (χ1n) is 14.8. The lowest BCUT2D eigenvalue weighted by Crippen LogP contribution is -2.14. The molecule has 4 rings (SSSR count). The van der Waals surface area contributed by atoms with Gasteiger partial charge in [-0.25, -0.2) is 15.0 Å².